The van der Waals surface area contributed by atoms with Crippen molar-refractivity contribution in [1.29, 1.82) is 0 Å². The maximum atomic E-state index is 13.6. The van der Waals surface area contributed by atoms with E-state index in [9.17, 15) is 35.0 Å². The van der Waals surface area contributed by atoms with E-state index < -0.39 is 47.2 Å². The molecule has 1 aliphatic heterocycles. The van der Waals surface area contributed by atoms with Gasteiger partial charge in [0.1, 0.15) is 0 Å². The zero-order valence-electron chi connectivity index (χ0n) is 23.7. The van der Waals surface area contributed by atoms with E-state index in [0.29, 0.717) is 27.7 Å². The molecule has 4 atom stereocenters. The van der Waals surface area contributed by atoms with Crippen molar-refractivity contribution in [2.24, 2.45) is 17.8 Å². The number of anilines is 1. The number of fused-ring (bicyclic) bond motifs is 1. The second kappa shape index (κ2) is 13.3. The fourth-order valence-corrected chi connectivity index (χ4v) is 6.88. The number of nitrogens with zero attached hydrogens (tertiary/aromatic N) is 2. The van der Waals surface area contributed by atoms with Crippen LogP contribution in [0.5, 0.6) is 11.5 Å². The van der Waals surface area contributed by atoms with Gasteiger partial charge in [0.2, 0.25) is 11.8 Å². The van der Waals surface area contributed by atoms with Crippen molar-refractivity contribution in [1.82, 2.24) is 0 Å². The molecule has 2 amide bonds. The van der Waals surface area contributed by atoms with Gasteiger partial charge in [-0.2, -0.15) is 0 Å². The predicted molar refractivity (Wildman–Crippen MR) is 166 cm³/mol. The summed E-state index contributed by atoms with van der Waals surface area (Å²) >= 11 is 2.05. The number of nitro benzene ring substituents is 1. The molecule has 1 heterocycles. The summed E-state index contributed by atoms with van der Waals surface area (Å²) in [5.74, 6) is -2.85. The van der Waals surface area contributed by atoms with Crippen LogP contribution in [0.2, 0.25) is 0 Å². The number of phenolic OH excluding ortho intramolecular Hbond substituents is 1. The summed E-state index contributed by atoms with van der Waals surface area (Å²) in [6.07, 6.45) is 3.95. The van der Waals surface area contributed by atoms with Crippen molar-refractivity contribution >= 4 is 51.9 Å². The van der Waals surface area contributed by atoms with Gasteiger partial charge in [-0.05, 0) is 84.5 Å². The Bertz CT molecular complexity index is 1450. The first-order chi connectivity index (χ1) is 20.0. The van der Waals surface area contributed by atoms with E-state index in [4.69, 9.17) is 4.74 Å². The average Bonchev–Trinajstić information content (AvgIpc) is 3.21. The highest BCUT2D eigenvalue weighted by Gasteiger charge is 2.55. The second-order valence-electron chi connectivity index (χ2n) is 10.8. The third-order valence-corrected chi connectivity index (χ3v) is 8.96. The summed E-state index contributed by atoms with van der Waals surface area (Å²) in [6, 6.07) is 9.01. The first-order valence-corrected chi connectivity index (χ1v) is 15.0. The van der Waals surface area contributed by atoms with Crippen LogP contribution in [0, 0.1) is 31.4 Å². The number of aromatic hydroxyl groups is 1. The lowest BCUT2D eigenvalue weighted by Gasteiger charge is -2.35. The normalized spacial score (nSPS) is 21.5. The van der Waals surface area contributed by atoms with Crippen LogP contribution in [0.15, 0.2) is 53.1 Å². The Hall–Kier alpha value is -3.29. The largest absolute Gasteiger partial charge is 0.504 e. The standard InChI is InChI=1S/C31H35IN2O8/c1-4-6-18(12-19-13-24(32)29(37)26(14-19)42-3)9-10-25(36)27-17(2)11-22-28(23(27)16-35)31(39)33(30(22)38)20-7-5-8-21(15-20)34(40)41/h5,7-8,12-15,22-23,25,28,35-37H,4,6,9-11,16H2,1-3H3/b18-12+/t22-,23+,25-,28-/m1/s1. The molecule has 10 nitrogen and oxygen atoms in total. The smallest absolute Gasteiger partial charge is 0.271 e. The topological polar surface area (TPSA) is 150 Å². The van der Waals surface area contributed by atoms with Gasteiger partial charge in [0, 0.05) is 18.1 Å². The highest BCUT2D eigenvalue weighted by molar-refractivity contribution is 14.1. The molecule has 1 aliphatic carbocycles. The lowest BCUT2D eigenvalue weighted by molar-refractivity contribution is -0.384. The Morgan fingerprint density at radius 3 is 2.62 bits per heavy atom. The molecule has 1 saturated heterocycles. The van der Waals surface area contributed by atoms with E-state index in [1.165, 1.54) is 31.4 Å². The molecule has 1 fully saturated rings. The number of methoxy groups -OCH3 is 1. The number of hydrogen-bond acceptors (Lipinski definition) is 8. The Labute approximate surface area is 258 Å². The number of carbonyl (C=O) groups excluding carboxylic acids is 2. The molecule has 3 N–H and O–H groups in total. The monoisotopic (exact) mass is 690 g/mol. The fraction of sp³-hybridized carbons (Fsp3) is 0.419. The number of non-ortho nitro benzene ring substituents is 1. The van der Waals surface area contributed by atoms with E-state index in [2.05, 4.69) is 6.92 Å². The quantitative estimate of drug-likeness (QED) is 0.0937. The minimum absolute atomic E-state index is 0.0831. The van der Waals surface area contributed by atoms with Crippen LogP contribution in [0.25, 0.3) is 6.08 Å². The summed E-state index contributed by atoms with van der Waals surface area (Å²) in [5, 5.41) is 43.3. The molecule has 0 spiro atoms. The number of allylic oxidation sites excluding steroid dienone is 2. The summed E-state index contributed by atoms with van der Waals surface area (Å²) in [5.41, 5.74) is 3.20. The maximum Gasteiger partial charge on any atom is 0.271 e. The Kier molecular flexibility index (Phi) is 10.1. The van der Waals surface area contributed by atoms with Crippen LogP contribution >= 0.6 is 22.6 Å². The molecule has 224 valence electrons. The number of aliphatic hydroxyl groups excluding tert-OH is 2. The Morgan fingerprint density at radius 1 is 1.24 bits per heavy atom. The van der Waals surface area contributed by atoms with Crippen LogP contribution in [-0.2, 0) is 9.59 Å². The number of ether oxygens (including phenoxy) is 1. The van der Waals surface area contributed by atoms with Gasteiger partial charge in [0.05, 0.1) is 45.8 Å². The summed E-state index contributed by atoms with van der Waals surface area (Å²) in [4.78, 5) is 38.7. The first-order valence-electron chi connectivity index (χ1n) is 13.9. The summed E-state index contributed by atoms with van der Waals surface area (Å²) in [7, 11) is 1.50. The number of rotatable bonds is 11. The Balaban J connectivity index is 1.57. The van der Waals surface area contributed by atoms with E-state index >= 15 is 0 Å². The zero-order valence-corrected chi connectivity index (χ0v) is 25.9. The van der Waals surface area contributed by atoms with Gasteiger partial charge in [0.25, 0.3) is 5.69 Å². The van der Waals surface area contributed by atoms with Crippen molar-refractivity contribution < 1.29 is 34.6 Å². The van der Waals surface area contributed by atoms with Crippen molar-refractivity contribution in [2.75, 3.05) is 18.6 Å². The van der Waals surface area contributed by atoms with Gasteiger partial charge < -0.3 is 20.1 Å². The van der Waals surface area contributed by atoms with E-state index in [0.717, 1.165) is 34.5 Å². The zero-order chi connectivity index (χ0) is 30.7. The molecular weight excluding hydrogens is 655 g/mol. The fourth-order valence-electron chi connectivity index (χ4n) is 6.25. The van der Waals surface area contributed by atoms with Crippen LogP contribution in [0.1, 0.15) is 51.5 Å². The van der Waals surface area contributed by atoms with Crippen LogP contribution < -0.4 is 9.64 Å². The molecule has 0 aromatic heterocycles. The second-order valence-corrected chi connectivity index (χ2v) is 12.0. The molecule has 0 unspecified atom stereocenters. The lowest BCUT2D eigenvalue weighted by atomic mass is 9.68. The molecule has 2 aromatic carbocycles. The van der Waals surface area contributed by atoms with Crippen molar-refractivity contribution in [3.63, 3.8) is 0 Å². The van der Waals surface area contributed by atoms with Gasteiger partial charge in [-0.1, -0.05) is 36.6 Å². The molecule has 0 bridgehead atoms. The maximum absolute atomic E-state index is 13.6. The molecular formula is C31H35IN2O8. The van der Waals surface area contributed by atoms with E-state index in [-0.39, 0.29) is 23.5 Å². The van der Waals surface area contributed by atoms with Crippen LogP contribution in [0.3, 0.4) is 0 Å². The molecule has 4 rings (SSSR count). The SMILES string of the molecule is CCC/C(=C\c1cc(I)c(O)c(OC)c1)CC[C@@H](O)C1=C(C)C[C@H]2C(=O)N(c3cccc([N+](=O)[O-])c3)C(=O)[C@H]2[C@H]1CO. The summed E-state index contributed by atoms with van der Waals surface area (Å²) < 4.78 is 5.95. The average molecular weight is 691 g/mol. The van der Waals surface area contributed by atoms with Gasteiger partial charge >= 0.3 is 0 Å². The third-order valence-electron chi connectivity index (χ3n) is 8.13. The number of hydrogen-bond donors (Lipinski definition) is 3. The predicted octanol–water partition coefficient (Wildman–Crippen LogP) is 5.37. The van der Waals surface area contributed by atoms with Crippen LogP contribution in [0.4, 0.5) is 11.4 Å². The number of carbonyl (C=O) groups is 2. The minimum Gasteiger partial charge on any atom is -0.504 e. The van der Waals surface area contributed by atoms with E-state index in [1.807, 2.05) is 41.7 Å². The minimum atomic E-state index is -0.937. The highest BCUT2D eigenvalue weighted by atomic mass is 127. The molecule has 0 radical (unpaired) electrons. The van der Waals surface area contributed by atoms with Crippen molar-refractivity contribution in [3.8, 4) is 11.5 Å². The molecule has 11 heteroatoms. The van der Waals surface area contributed by atoms with Gasteiger partial charge in [-0.3, -0.25) is 19.7 Å². The van der Waals surface area contributed by atoms with E-state index in [1.54, 1.807) is 6.07 Å². The Morgan fingerprint density at radius 2 is 1.98 bits per heavy atom. The number of benzene rings is 2. The molecule has 0 saturated carbocycles. The lowest BCUT2D eigenvalue weighted by Crippen LogP contribution is -2.38. The molecule has 42 heavy (non-hydrogen) atoms. The molecule has 2 aliphatic rings. The molecule has 2 aromatic rings. The number of aliphatic hydroxyl groups is 2. The van der Waals surface area contributed by atoms with Gasteiger partial charge in [-0.15, -0.1) is 0 Å². The van der Waals surface area contributed by atoms with Gasteiger partial charge in [-0.25, -0.2) is 4.90 Å². The van der Waals surface area contributed by atoms with Crippen molar-refractivity contribution in [3.05, 3.63) is 72.4 Å². The number of nitro groups is 1. The first kappa shape index (κ1) is 31.6. The number of halogens is 1. The number of phenols is 1. The third kappa shape index (κ3) is 6.23. The van der Waals surface area contributed by atoms with Crippen molar-refractivity contribution in [2.45, 2.75) is 52.1 Å². The number of amides is 2. The summed E-state index contributed by atoms with van der Waals surface area (Å²) in [6.45, 7) is 3.46. The van der Waals surface area contributed by atoms with Crippen LogP contribution in [-0.4, -0.2) is 51.9 Å². The number of imide groups is 1. The highest BCUT2D eigenvalue weighted by Crippen LogP contribution is 2.47. The van der Waals surface area contributed by atoms with Gasteiger partial charge in [0.15, 0.2) is 11.5 Å².